The molecule has 0 aliphatic rings. The zero-order chi connectivity index (χ0) is 24.8. The van der Waals surface area contributed by atoms with Gasteiger partial charge in [0.2, 0.25) is 0 Å². The first-order valence-corrected chi connectivity index (χ1v) is 14.6. The lowest BCUT2D eigenvalue weighted by Crippen LogP contribution is -2.25. The van der Waals surface area contributed by atoms with Gasteiger partial charge in [-0.15, -0.1) is 11.3 Å². The topological polar surface area (TPSA) is 127 Å². The van der Waals surface area contributed by atoms with Crippen LogP contribution < -0.4 is 9.25 Å². The second kappa shape index (κ2) is 9.00. The highest BCUT2D eigenvalue weighted by molar-refractivity contribution is 7.92. The molecule has 2 N–H and O–H groups in total. The van der Waals surface area contributed by atoms with Gasteiger partial charge in [-0.2, -0.15) is 17.9 Å². The molecule has 0 radical (unpaired) electrons. The summed E-state index contributed by atoms with van der Waals surface area (Å²) < 4.78 is 105. The van der Waals surface area contributed by atoms with Crippen LogP contribution in [-0.2, 0) is 24.4 Å². The largest absolute Gasteiger partial charge is 0.501 e. The number of thiophene rings is 1. The fourth-order valence-electron chi connectivity index (χ4n) is 2.42. The molecule has 3 rings (SSSR count). The van der Waals surface area contributed by atoms with Gasteiger partial charge in [0, 0.05) is 10.4 Å². The predicted octanol–water partition coefficient (Wildman–Crippen LogP) is 5.00. The summed E-state index contributed by atoms with van der Waals surface area (Å²) in [6, 6.07) is 6.72. The third-order valence-electron chi connectivity index (χ3n) is 3.97. The highest BCUT2D eigenvalue weighted by Gasteiger charge is 2.46. The molecular weight excluding hydrogens is 573 g/mol. The van der Waals surface area contributed by atoms with Crippen molar-refractivity contribution in [1.29, 1.82) is 0 Å². The third kappa shape index (κ3) is 5.65. The number of sulfonamides is 1. The lowest BCUT2D eigenvalue weighted by molar-refractivity contribution is -0.0436. The molecule has 0 aliphatic carbocycles. The van der Waals surface area contributed by atoms with Crippen LogP contribution in [0.15, 0.2) is 51.6 Å². The Hall–Kier alpha value is -1.38. The fraction of sp³-hybridized carbons (Fsp3) is 0.125. The van der Waals surface area contributed by atoms with Gasteiger partial charge in [-0.1, -0.05) is 23.2 Å². The van der Waals surface area contributed by atoms with Crippen molar-refractivity contribution in [3.05, 3.63) is 52.5 Å². The number of benzene rings is 2. The molecule has 0 fully saturated rings. The van der Waals surface area contributed by atoms with E-state index in [1.54, 1.807) is 0 Å². The van der Waals surface area contributed by atoms with Crippen molar-refractivity contribution in [2.45, 2.75) is 14.6 Å². The molecule has 8 nitrogen and oxygen atoms in total. The van der Waals surface area contributed by atoms with Crippen LogP contribution in [0.4, 0.5) is 13.2 Å². The molecule has 2 aromatic carbocycles. The van der Waals surface area contributed by atoms with Crippen molar-refractivity contribution in [2.24, 2.45) is 0 Å². The van der Waals surface area contributed by atoms with E-state index < -0.39 is 49.9 Å². The van der Waals surface area contributed by atoms with E-state index in [4.69, 9.17) is 27.7 Å². The number of hydrogen-bond acceptors (Lipinski definition) is 7. The van der Waals surface area contributed by atoms with Gasteiger partial charge in [-0.05, 0) is 42.5 Å². The SMILES string of the molecule is O=P(O)(CNS(=O)(=O)c1cc2c(Cl)ccc(Cl)c2s1)Oc1ccc(S(=O)(=O)C(F)(F)F)cc1. The Kier molecular flexibility index (Phi) is 7.16. The third-order valence-corrected chi connectivity index (χ3v) is 10.5. The van der Waals surface area contributed by atoms with Crippen LogP contribution in [0.1, 0.15) is 0 Å². The lowest BCUT2D eigenvalue weighted by atomic mass is 10.3. The van der Waals surface area contributed by atoms with Crippen LogP contribution in [0.25, 0.3) is 10.1 Å². The van der Waals surface area contributed by atoms with Crippen LogP contribution in [0.5, 0.6) is 5.75 Å². The molecule has 1 aromatic heterocycles. The van der Waals surface area contributed by atoms with Gasteiger partial charge in [0.15, 0.2) is 0 Å². The minimum absolute atomic E-state index is 0.241. The highest BCUT2D eigenvalue weighted by atomic mass is 35.5. The smallest absolute Gasteiger partial charge is 0.424 e. The Balaban J connectivity index is 1.74. The molecule has 180 valence electrons. The zero-order valence-electron chi connectivity index (χ0n) is 15.7. The van der Waals surface area contributed by atoms with E-state index >= 15 is 0 Å². The summed E-state index contributed by atoms with van der Waals surface area (Å²) in [4.78, 5) is 8.83. The standard InChI is InChI=1S/C16H11Cl2F3NO7PS3/c17-12-5-6-13(18)15-11(12)7-14(31-15)33(27,28)22-8-30(23,24)29-9-1-3-10(4-2-9)32(25,26)16(19,20)21/h1-7,22H,8H2,(H,23,24). The summed E-state index contributed by atoms with van der Waals surface area (Å²) in [5, 5.41) is 0.874. The Morgan fingerprint density at radius 1 is 1.03 bits per heavy atom. The van der Waals surface area contributed by atoms with E-state index in [0.717, 1.165) is 23.5 Å². The first-order chi connectivity index (χ1) is 15.0. The average molecular weight is 584 g/mol. The highest BCUT2D eigenvalue weighted by Crippen LogP contribution is 2.43. The maximum Gasteiger partial charge on any atom is 0.501 e. The summed E-state index contributed by atoms with van der Waals surface area (Å²) in [6.45, 7) is 0. The van der Waals surface area contributed by atoms with Crippen LogP contribution in [0, 0.1) is 0 Å². The quantitative estimate of drug-likeness (QED) is 0.374. The van der Waals surface area contributed by atoms with E-state index in [-0.39, 0.29) is 14.3 Å². The molecule has 1 unspecified atom stereocenters. The number of hydrogen-bond donors (Lipinski definition) is 2. The van der Waals surface area contributed by atoms with E-state index in [1.807, 2.05) is 4.72 Å². The van der Waals surface area contributed by atoms with Crippen molar-refractivity contribution in [2.75, 3.05) is 6.29 Å². The first-order valence-electron chi connectivity index (χ1n) is 8.33. The van der Waals surface area contributed by atoms with Crippen molar-refractivity contribution in [3.8, 4) is 5.75 Å². The van der Waals surface area contributed by atoms with E-state index in [1.165, 1.54) is 18.2 Å². The molecule has 0 saturated heterocycles. The van der Waals surface area contributed by atoms with Crippen LogP contribution in [0.2, 0.25) is 10.0 Å². The number of nitrogens with one attached hydrogen (secondary N) is 1. The normalized spacial score (nSPS) is 14.8. The number of rotatable bonds is 7. The number of sulfone groups is 1. The fourth-order valence-corrected chi connectivity index (χ4v) is 7.68. The van der Waals surface area contributed by atoms with Gasteiger partial charge >= 0.3 is 13.1 Å². The zero-order valence-corrected chi connectivity index (χ0v) is 20.6. The molecule has 1 atom stereocenters. The Morgan fingerprint density at radius 3 is 2.15 bits per heavy atom. The van der Waals surface area contributed by atoms with Crippen molar-refractivity contribution in [1.82, 2.24) is 4.72 Å². The Labute approximate surface area is 199 Å². The maximum atomic E-state index is 12.6. The van der Waals surface area contributed by atoms with Gasteiger partial charge in [0.05, 0.1) is 14.6 Å². The van der Waals surface area contributed by atoms with Crippen LogP contribution in [-0.4, -0.2) is 33.5 Å². The minimum Gasteiger partial charge on any atom is -0.424 e. The molecular formula is C16H11Cl2F3NO7PS3. The summed E-state index contributed by atoms with van der Waals surface area (Å²) in [5.41, 5.74) is -5.53. The maximum absolute atomic E-state index is 12.6. The summed E-state index contributed by atoms with van der Waals surface area (Å²) in [7, 11) is -14.6. The van der Waals surface area contributed by atoms with Gasteiger partial charge in [0.1, 0.15) is 16.2 Å². The Bertz CT molecular complexity index is 1430. The second-order valence-corrected chi connectivity index (χ2v) is 13.9. The molecule has 0 spiro atoms. The van der Waals surface area contributed by atoms with E-state index in [9.17, 15) is 39.5 Å². The van der Waals surface area contributed by atoms with Crippen LogP contribution in [0.3, 0.4) is 0 Å². The van der Waals surface area contributed by atoms with Gasteiger partial charge in [-0.3, -0.25) is 0 Å². The van der Waals surface area contributed by atoms with Gasteiger partial charge < -0.3 is 9.42 Å². The Morgan fingerprint density at radius 2 is 1.61 bits per heavy atom. The first kappa shape index (κ1) is 26.2. The lowest BCUT2D eigenvalue weighted by Gasteiger charge is -2.14. The van der Waals surface area contributed by atoms with Gasteiger partial charge in [0.25, 0.3) is 19.9 Å². The van der Waals surface area contributed by atoms with E-state index in [2.05, 4.69) is 0 Å². The average Bonchev–Trinajstić information content (AvgIpc) is 3.17. The molecule has 0 saturated carbocycles. The summed E-state index contributed by atoms with van der Waals surface area (Å²) in [6.07, 6.45) is -1.09. The second-order valence-electron chi connectivity index (χ2n) is 6.29. The van der Waals surface area contributed by atoms with E-state index in [0.29, 0.717) is 22.2 Å². The number of fused-ring (bicyclic) bond motifs is 1. The van der Waals surface area contributed by atoms with Crippen molar-refractivity contribution >= 4 is 72.1 Å². The monoisotopic (exact) mass is 583 g/mol. The molecule has 0 bridgehead atoms. The van der Waals surface area contributed by atoms with Crippen LogP contribution >= 0.6 is 42.1 Å². The molecule has 1 heterocycles. The molecule has 17 heteroatoms. The summed E-state index contributed by atoms with van der Waals surface area (Å²) >= 11 is 12.8. The molecule has 0 aliphatic heterocycles. The number of halogens is 5. The van der Waals surface area contributed by atoms with Gasteiger partial charge in [-0.25, -0.2) is 21.4 Å². The van der Waals surface area contributed by atoms with Crippen molar-refractivity contribution < 1.29 is 44.0 Å². The minimum atomic E-state index is -5.61. The number of alkyl halides is 3. The summed E-state index contributed by atoms with van der Waals surface area (Å²) in [5.74, 6) is -0.457. The molecule has 3 aromatic rings. The predicted molar refractivity (Wildman–Crippen MR) is 117 cm³/mol. The molecule has 0 amide bonds. The molecule has 33 heavy (non-hydrogen) atoms. The van der Waals surface area contributed by atoms with Crippen molar-refractivity contribution in [3.63, 3.8) is 0 Å².